The number of likely N-dealkylation sites (tertiary alicyclic amines) is 1. The van der Waals surface area contributed by atoms with Crippen LogP contribution in [0.4, 0.5) is 0 Å². The van der Waals surface area contributed by atoms with Crippen LogP contribution in [-0.4, -0.2) is 61.1 Å². The Morgan fingerprint density at radius 2 is 2.07 bits per heavy atom. The van der Waals surface area contributed by atoms with Crippen molar-refractivity contribution in [2.45, 2.75) is 59.0 Å². The van der Waals surface area contributed by atoms with Gasteiger partial charge in [0.2, 0.25) is 0 Å². The van der Waals surface area contributed by atoms with Gasteiger partial charge in [0.1, 0.15) is 9.88 Å². The summed E-state index contributed by atoms with van der Waals surface area (Å²) in [6.45, 7) is 11.5. The number of guanidine groups is 1. The molecule has 1 saturated heterocycles. The highest BCUT2D eigenvalue weighted by Gasteiger charge is 2.22. The quantitative estimate of drug-likeness (QED) is 0.400. The fourth-order valence-corrected chi connectivity index (χ4v) is 4.27. The first kappa shape index (κ1) is 21.6. The van der Waals surface area contributed by atoms with Gasteiger partial charge in [0.05, 0.1) is 18.3 Å². The van der Waals surface area contributed by atoms with E-state index >= 15 is 0 Å². The highest BCUT2D eigenvalue weighted by atomic mass is 32.1. The van der Waals surface area contributed by atoms with Crippen molar-refractivity contribution in [2.75, 3.05) is 33.3 Å². The molecule has 1 aromatic rings. The number of aliphatic imine (C=N–C) groups is 1. The zero-order valence-corrected chi connectivity index (χ0v) is 18.0. The van der Waals surface area contributed by atoms with Crippen molar-refractivity contribution < 1.29 is 9.53 Å². The summed E-state index contributed by atoms with van der Waals surface area (Å²) in [5, 5.41) is 7.68. The molecular weight excluding hydrogens is 362 g/mol. The second-order valence-electron chi connectivity index (χ2n) is 6.81. The fourth-order valence-electron chi connectivity index (χ4n) is 3.30. The maximum absolute atomic E-state index is 12.0. The number of nitrogens with zero attached hydrogens (tertiary/aromatic N) is 3. The van der Waals surface area contributed by atoms with Crippen LogP contribution in [0.3, 0.4) is 0 Å². The van der Waals surface area contributed by atoms with Crippen LogP contribution < -0.4 is 10.6 Å². The Kier molecular flexibility index (Phi) is 8.50. The molecule has 8 heteroatoms. The number of carbonyl (C=O) groups is 1. The predicted octanol–water partition coefficient (Wildman–Crippen LogP) is 2.73. The van der Waals surface area contributed by atoms with E-state index in [0.29, 0.717) is 23.2 Å². The first-order valence-corrected chi connectivity index (χ1v) is 10.7. The second kappa shape index (κ2) is 10.6. The monoisotopic (exact) mass is 395 g/mol. The number of aromatic nitrogens is 1. The molecule has 0 bridgehead atoms. The number of rotatable bonds is 8. The summed E-state index contributed by atoms with van der Waals surface area (Å²) in [7, 11) is 1.77. The molecule has 7 nitrogen and oxygen atoms in total. The molecule has 27 heavy (non-hydrogen) atoms. The lowest BCUT2D eigenvalue weighted by molar-refractivity contribution is 0.0531. The third kappa shape index (κ3) is 5.90. The average Bonchev–Trinajstić information content (AvgIpc) is 3.31. The molecule has 2 atom stereocenters. The summed E-state index contributed by atoms with van der Waals surface area (Å²) in [6.07, 6.45) is 3.72. The number of hydrogen-bond acceptors (Lipinski definition) is 6. The van der Waals surface area contributed by atoms with Crippen LogP contribution in [0.5, 0.6) is 0 Å². The summed E-state index contributed by atoms with van der Waals surface area (Å²) in [6, 6.07) is 0.480. The van der Waals surface area contributed by atoms with Crippen molar-refractivity contribution >= 4 is 23.3 Å². The summed E-state index contributed by atoms with van der Waals surface area (Å²) >= 11 is 1.38. The molecule has 2 heterocycles. The molecule has 2 N–H and O–H groups in total. The van der Waals surface area contributed by atoms with Crippen molar-refractivity contribution in [3.05, 3.63) is 15.6 Å². The molecule has 1 aliphatic rings. The topological polar surface area (TPSA) is 78.8 Å². The average molecular weight is 396 g/mol. The minimum atomic E-state index is -0.301. The van der Waals surface area contributed by atoms with E-state index in [9.17, 15) is 4.79 Å². The second-order valence-corrected chi connectivity index (χ2v) is 7.84. The largest absolute Gasteiger partial charge is 0.462 e. The lowest BCUT2D eigenvalue weighted by Gasteiger charge is -2.27. The van der Waals surface area contributed by atoms with Gasteiger partial charge in [-0.3, -0.25) is 9.89 Å². The van der Waals surface area contributed by atoms with E-state index in [1.54, 1.807) is 14.0 Å². The molecule has 0 spiro atoms. The van der Waals surface area contributed by atoms with Crippen molar-refractivity contribution in [3.63, 3.8) is 0 Å². The Bertz CT molecular complexity index is 640. The van der Waals surface area contributed by atoms with Gasteiger partial charge in [-0.25, -0.2) is 9.78 Å². The standard InChI is InChI=1S/C19H33N5O2S/c1-6-15(24-10-8-9-11-24)12-21-19(20-5)23-14(4)17-22-13(3)16(27-17)18(25)26-7-2/h14-15H,6-12H2,1-5H3,(H2,20,21,23). The Morgan fingerprint density at radius 1 is 1.37 bits per heavy atom. The number of ether oxygens (including phenoxy) is 1. The van der Waals surface area contributed by atoms with Crippen molar-refractivity contribution in [2.24, 2.45) is 4.99 Å². The minimum Gasteiger partial charge on any atom is -0.462 e. The number of nitrogens with one attached hydrogen (secondary N) is 2. The smallest absolute Gasteiger partial charge is 0.350 e. The number of aryl methyl sites for hydroxylation is 1. The van der Waals surface area contributed by atoms with E-state index in [4.69, 9.17) is 4.74 Å². The highest BCUT2D eigenvalue weighted by Crippen LogP contribution is 2.24. The molecule has 1 aliphatic heterocycles. The maximum atomic E-state index is 12.0. The van der Waals surface area contributed by atoms with Gasteiger partial charge in [-0.15, -0.1) is 11.3 Å². The number of thiazole rings is 1. The maximum Gasteiger partial charge on any atom is 0.350 e. The predicted molar refractivity (Wildman–Crippen MR) is 111 cm³/mol. The van der Waals surface area contributed by atoms with Gasteiger partial charge in [-0.2, -0.15) is 0 Å². The Hall–Kier alpha value is -1.67. The van der Waals surface area contributed by atoms with E-state index in [0.717, 1.165) is 23.9 Å². The van der Waals surface area contributed by atoms with Gasteiger partial charge in [0, 0.05) is 19.6 Å². The van der Waals surface area contributed by atoms with E-state index in [2.05, 4.69) is 32.4 Å². The third-order valence-corrected chi connectivity index (χ3v) is 6.17. The molecule has 2 unspecified atom stereocenters. The van der Waals surface area contributed by atoms with Crippen LogP contribution >= 0.6 is 11.3 Å². The molecule has 1 fully saturated rings. The minimum absolute atomic E-state index is 0.0464. The van der Waals surface area contributed by atoms with Gasteiger partial charge < -0.3 is 15.4 Å². The first-order valence-electron chi connectivity index (χ1n) is 9.85. The van der Waals surface area contributed by atoms with Gasteiger partial charge in [0.25, 0.3) is 0 Å². The normalized spacial score (nSPS) is 17.6. The van der Waals surface area contributed by atoms with E-state index < -0.39 is 0 Å². The van der Waals surface area contributed by atoms with Crippen LogP contribution in [0.25, 0.3) is 0 Å². The molecule has 2 rings (SSSR count). The van der Waals surface area contributed by atoms with Crippen molar-refractivity contribution in [1.82, 2.24) is 20.5 Å². The molecule has 0 aliphatic carbocycles. The number of esters is 1. The van der Waals surface area contributed by atoms with Crippen LogP contribution in [0, 0.1) is 6.92 Å². The fraction of sp³-hybridized carbons (Fsp3) is 0.737. The van der Waals surface area contributed by atoms with E-state index in [1.807, 2.05) is 13.8 Å². The molecule has 0 saturated carbocycles. The summed E-state index contributed by atoms with van der Waals surface area (Å²) in [4.78, 5) is 24.0. The van der Waals surface area contributed by atoms with Gasteiger partial charge in [-0.1, -0.05) is 6.92 Å². The Balaban J connectivity index is 1.93. The van der Waals surface area contributed by atoms with E-state index in [-0.39, 0.29) is 12.0 Å². The zero-order valence-electron chi connectivity index (χ0n) is 17.2. The number of hydrogen-bond donors (Lipinski definition) is 2. The number of carbonyl (C=O) groups excluding carboxylic acids is 1. The summed E-state index contributed by atoms with van der Waals surface area (Å²) in [5.74, 6) is 0.454. The summed E-state index contributed by atoms with van der Waals surface area (Å²) < 4.78 is 5.10. The lowest BCUT2D eigenvalue weighted by Crippen LogP contribution is -2.46. The van der Waals surface area contributed by atoms with Gasteiger partial charge >= 0.3 is 5.97 Å². The third-order valence-electron chi connectivity index (χ3n) is 4.85. The Morgan fingerprint density at radius 3 is 2.67 bits per heavy atom. The lowest BCUT2D eigenvalue weighted by atomic mass is 10.2. The van der Waals surface area contributed by atoms with E-state index in [1.165, 1.54) is 37.3 Å². The van der Waals surface area contributed by atoms with Crippen molar-refractivity contribution in [3.8, 4) is 0 Å². The SMILES string of the molecule is CCOC(=O)c1sc(C(C)NC(=NC)NCC(CC)N2CCCC2)nc1C. The van der Waals surface area contributed by atoms with Crippen LogP contribution in [-0.2, 0) is 4.74 Å². The Labute approximate surface area is 166 Å². The molecule has 1 aromatic heterocycles. The van der Waals surface area contributed by atoms with Gasteiger partial charge in [0.15, 0.2) is 5.96 Å². The summed E-state index contributed by atoms with van der Waals surface area (Å²) in [5.41, 5.74) is 0.713. The van der Waals surface area contributed by atoms with Gasteiger partial charge in [-0.05, 0) is 53.1 Å². The zero-order chi connectivity index (χ0) is 19.8. The molecular formula is C19H33N5O2S. The molecule has 152 valence electrons. The highest BCUT2D eigenvalue weighted by molar-refractivity contribution is 7.13. The van der Waals surface area contributed by atoms with Crippen LogP contribution in [0.15, 0.2) is 4.99 Å². The first-order chi connectivity index (χ1) is 13.0. The molecule has 0 radical (unpaired) electrons. The molecule has 0 amide bonds. The van der Waals surface area contributed by atoms with Crippen molar-refractivity contribution in [1.29, 1.82) is 0 Å². The van der Waals surface area contributed by atoms with Crippen LogP contribution in [0.1, 0.15) is 66.4 Å². The molecule has 0 aromatic carbocycles. The van der Waals surface area contributed by atoms with Crippen LogP contribution in [0.2, 0.25) is 0 Å².